The molecule has 4 heterocycles. The number of nitrogens with one attached hydrogen (secondary N) is 4. The van der Waals surface area contributed by atoms with Crippen LogP contribution >= 0.6 is 22.9 Å². The Labute approximate surface area is 231 Å². The van der Waals surface area contributed by atoms with E-state index in [2.05, 4.69) is 87.0 Å². The van der Waals surface area contributed by atoms with Gasteiger partial charge in [0, 0.05) is 53.8 Å². The first-order valence-corrected chi connectivity index (χ1v) is 14.0. The Morgan fingerprint density at radius 3 is 2.87 bits per heavy atom. The lowest BCUT2D eigenvalue weighted by Gasteiger charge is -2.23. The van der Waals surface area contributed by atoms with E-state index in [1.54, 1.807) is 17.5 Å². The summed E-state index contributed by atoms with van der Waals surface area (Å²) < 4.78 is 1.15. The van der Waals surface area contributed by atoms with E-state index in [4.69, 9.17) is 18.0 Å². The Morgan fingerprint density at radius 1 is 1.26 bits per heavy atom. The van der Waals surface area contributed by atoms with Crippen molar-refractivity contribution in [1.29, 1.82) is 0 Å². The van der Waals surface area contributed by atoms with Crippen LogP contribution in [-0.2, 0) is 0 Å². The van der Waals surface area contributed by atoms with E-state index in [0.29, 0.717) is 16.6 Å². The third-order valence-electron chi connectivity index (χ3n) is 6.76. The highest BCUT2D eigenvalue weighted by atomic mass is 35.5. The summed E-state index contributed by atoms with van der Waals surface area (Å²) >= 11 is 8.51. The number of pyridine rings is 2. The van der Waals surface area contributed by atoms with Gasteiger partial charge in [-0.25, -0.2) is 0 Å². The molecule has 38 heavy (non-hydrogen) atoms. The Balaban J connectivity index is 1.44. The van der Waals surface area contributed by atoms with Crippen LogP contribution in [0.4, 0.5) is 11.4 Å². The summed E-state index contributed by atoms with van der Waals surface area (Å²) in [6.45, 7) is 7.31. The molecule has 0 spiro atoms. The fourth-order valence-corrected chi connectivity index (χ4v) is 5.87. The SMILES string of the molecule is C#Cc1cnc2c(Cl)cc(N[C@H](C3=CN(C4CC4)NN3)c3csc4cnccc34)cc2c1NCC(C)(C)C. The summed E-state index contributed by atoms with van der Waals surface area (Å²) in [7, 11) is 0. The highest BCUT2D eigenvalue weighted by molar-refractivity contribution is 7.17. The van der Waals surface area contributed by atoms with Crippen LogP contribution in [0.3, 0.4) is 0 Å². The van der Waals surface area contributed by atoms with Crippen LogP contribution in [0, 0.1) is 17.8 Å². The van der Waals surface area contributed by atoms with E-state index in [9.17, 15) is 0 Å². The third-order valence-corrected chi connectivity index (χ3v) is 8.00. The number of nitrogens with zero attached hydrogens (tertiary/aromatic N) is 3. The number of benzene rings is 1. The summed E-state index contributed by atoms with van der Waals surface area (Å²) in [5.74, 6) is 2.79. The zero-order valence-corrected chi connectivity index (χ0v) is 23.2. The van der Waals surface area contributed by atoms with Crippen LogP contribution in [0.5, 0.6) is 0 Å². The molecule has 6 rings (SSSR count). The molecule has 0 bridgehead atoms. The quantitative estimate of drug-likeness (QED) is 0.200. The van der Waals surface area contributed by atoms with Crippen molar-refractivity contribution < 1.29 is 0 Å². The Morgan fingerprint density at radius 2 is 2.11 bits per heavy atom. The lowest BCUT2D eigenvalue weighted by atomic mass is 9.96. The Hall–Kier alpha value is -3.51. The zero-order valence-electron chi connectivity index (χ0n) is 21.6. The van der Waals surface area contributed by atoms with Crippen molar-refractivity contribution in [2.24, 2.45) is 5.41 Å². The minimum atomic E-state index is -0.148. The van der Waals surface area contributed by atoms with E-state index >= 15 is 0 Å². The molecule has 0 saturated heterocycles. The lowest BCUT2D eigenvalue weighted by Crippen LogP contribution is -2.38. The van der Waals surface area contributed by atoms with Gasteiger partial charge in [-0.1, -0.05) is 38.3 Å². The number of rotatable bonds is 7. The molecule has 194 valence electrons. The van der Waals surface area contributed by atoms with E-state index in [1.165, 1.54) is 23.8 Å². The van der Waals surface area contributed by atoms with Crippen LogP contribution in [0.15, 0.2) is 54.1 Å². The molecule has 0 unspecified atom stereocenters. The molecule has 1 saturated carbocycles. The number of hydrogen-bond donors (Lipinski definition) is 4. The van der Waals surface area contributed by atoms with Crippen LogP contribution in [-0.4, -0.2) is 27.6 Å². The number of hydrogen-bond acceptors (Lipinski definition) is 8. The monoisotopic (exact) mass is 543 g/mol. The molecule has 1 atom stereocenters. The van der Waals surface area contributed by atoms with Crippen molar-refractivity contribution in [3.63, 3.8) is 0 Å². The van der Waals surface area contributed by atoms with Crippen molar-refractivity contribution in [3.05, 3.63) is 70.2 Å². The average Bonchev–Trinajstić information content (AvgIpc) is 3.47. The van der Waals surface area contributed by atoms with Gasteiger partial charge in [-0.05, 0) is 47.4 Å². The van der Waals surface area contributed by atoms with Gasteiger partial charge in [0.1, 0.15) is 0 Å². The van der Waals surface area contributed by atoms with E-state index in [1.807, 2.05) is 18.5 Å². The lowest BCUT2D eigenvalue weighted by molar-refractivity contribution is 0.260. The molecule has 1 aromatic carbocycles. The molecular formula is C29H30ClN7S. The van der Waals surface area contributed by atoms with Gasteiger partial charge < -0.3 is 16.1 Å². The van der Waals surface area contributed by atoms with Crippen molar-refractivity contribution in [3.8, 4) is 12.3 Å². The van der Waals surface area contributed by atoms with Crippen molar-refractivity contribution in [2.45, 2.75) is 45.7 Å². The van der Waals surface area contributed by atoms with Gasteiger partial charge in [0.15, 0.2) is 0 Å². The fourth-order valence-electron chi connectivity index (χ4n) is 4.65. The molecule has 1 aliphatic carbocycles. The summed E-state index contributed by atoms with van der Waals surface area (Å²) in [6.07, 6.45) is 15.9. The summed E-state index contributed by atoms with van der Waals surface area (Å²) in [5, 5.41) is 14.3. The maximum atomic E-state index is 6.82. The minimum Gasteiger partial charge on any atom is -0.383 e. The first-order chi connectivity index (χ1) is 18.3. The summed E-state index contributed by atoms with van der Waals surface area (Å²) in [4.78, 5) is 8.90. The zero-order chi connectivity index (χ0) is 26.4. The summed E-state index contributed by atoms with van der Waals surface area (Å²) in [5.41, 5.74) is 12.2. The molecule has 1 fully saturated rings. The van der Waals surface area contributed by atoms with Gasteiger partial charge in [0.05, 0.1) is 38.2 Å². The number of hydrazine groups is 2. The van der Waals surface area contributed by atoms with Gasteiger partial charge in [-0.15, -0.1) is 23.3 Å². The predicted molar refractivity (Wildman–Crippen MR) is 158 cm³/mol. The third kappa shape index (κ3) is 4.85. The van der Waals surface area contributed by atoms with Crippen LogP contribution in [0.2, 0.25) is 5.02 Å². The number of terminal acetylenes is 1. The number of thiophene rings is 1. The van der Waals surface area contributed by atoms with Crippen LogP contribution in [0.25, 0.3) is 21.0 Å². The molecule has 4 aromatic rings. The average molecular weight is 544 g/mol. The maximum Gasteiger partial charge on any atom is 0.0958 e. The highest BCUT2D eigenvalue weighted by Crippen LogP contribution is 2.39. The van der Waals surface area contributed by atoms with E-state index in [-0.39, 0.29) is 11.5 Å². The Kier molecular flexibility index (Phi) is 6.31. The van der Waals surface area contributed by atoms with E-state index < -0.39 is 0 Å². The predicted octanol–water partition coefficient (Wildman–Crippen LogP) is 6.42. The molecule has 3 aromatic heterocycles. The number of halogens is 1. The maximum absolute atomic E-state index is 6.82. The second-order valence-electron chi connectivity index (χ2n) is 11.1. The topological polar surface area (TPSA) is 77.1 Å². The highest BCUT2D eigenvalue weighted by Gasteiger charge is 2.33. The van der Waals surface area contributed by atoms with Gasteiger partial charge in [-0.3, -0.25) is 15.0 Å². The minimum absolute atomic E-state index is 0.0716. The standard InChI is InChI=1S/C29H30ClN7S/c1-5-17-12-32-27-21(26(17)33-16-29(2,3)4)10-18(11-23(27)30)34-28(24-14-37(36-35-24)19-6-7-19)22-15-38-25-13-31-9-8-20(22)25/h1,8-15,19,28,34-36H,6-7,16H2,2-4H3,(H,32,33)/t28-/m0/s1. The molecule has 2 aliphatic rings. The van der Waals surface area contributed by atoms with Crippen molar-refractivity contribution in [1.82, 2.24) is 25.9 Å². The first kappa shape index (κ1) is 24.8. The number of aromatic nitrogens is 2. The van der Waals surface area contributed by atoms with E-state index in [0.717, 1.165) is 39.2 Å². The van der Waals surface area contributed by atoms with Crippen LogP contribution in [0.1, 0.15) is 50.8 Å². The molecule has 9 heteroatoms. The molecule has 0 amide bonds. The van der Waals surface area contributed by atoms with Gasteiger partial charge in [0.25, 0.3) is 0 Å². The van der Waals surface area contributed by atoms with Gasteiger partial charge >= 0.3 is 0 Å². The number of fused-ring (bicyclic) bond motifs is 2. The van der Waals surface area contributed by atoms with Crippen molar-refractivity contribution >= 4 is 55.3 Å². The largest absolute Gasteiger partial charge is 0.383 e. The van der Waals surface area contributed by atoms with Gasteiger partial charge in [0.2, 0.25) is 0 Å². The molecule has 7 nitrogen and oxygen atoms in total. The second-order valence-corrected chi connectivity index (χ2v) is 12.4. The first-order valence-electron chi connectivity index (χ1n) is 12.7. The van der Waals surface area contributed by atoms with Gasteiger partial charge in [-0.2, -0.15) is 0 Å². The summed E-state index contributed by atoms with van der Waals surface area (Å²) in [6, 6.07) is 6.48. The smallest absolute Gasteiger partial charge is 0.0958 e. The molecule has 0 radical (unpaired) electrons. The molecule has 1 aliphatic heterocycles. The van der Waals surface area contributed by atoms with Crippen LogP contribution < -0.4 is 21.6 Å². The molecular weight excluding hydrogens is 514 g/mol. The number of anilines is 2. The second kappa shape index (κ2) is 9.66. The normalized spacial score (nSPS) is 16.3. The van der Waals surface area contributed by atoms with Crippen molar-refractivity contribution in [2.75, 3.05) is 17.2 Å². The fraction of sp³-hybridized carbons (Fsp3) is 0.310. The molecule has 4 N–H and O–H groups in total. The Bertz CT molecular complexity index is 1590.